The maximum absolute atomic E-state index is 11.9. The van der Waals surface area contributed by atoms with Crippen LogP contribution >= 0.6 is 0 Å². The first-order valence-electron chi connectivity index (χ1n) is 26.2. The van der Waals surface area contributed by atoms with Crippen LogP contribution in [0.3, 0.4) is 0 Å². The Morgan fingerprint density at radius 3 is 0.897 bits per heavy atom. The molecule has 1 aromatic rings. The summed E-state index contributed by atoms with van der Waals surface area (Å²) in [6.07, 6.45) is -0.189. The summed E-state index contributed by atoms with van der Waals surface area (Å²) in [5, 5.41) is 0. The predicted octanol–water partition coefficient (Wildman–Crippen LogP) is 8.67. The van der Waals surface area contributed by atoms with Gasteiger partial charge in [-0.1, -0.05) is 37.8 Å². The van der Waals surface area contributed by atoms with Crippen molar-refractivity contribution in [2.24, 2.45) is 0 Å². The Hall–Kier alpha value is -1.87. The normalized spacial score (nSPS) is 21.3. The van der Waals surface area contributed by atoms with Crippen LogP contribution in [-0.4, -0.2) is 240 Å². The Labute approximate surface area is 423 Å². The number of likely N-dealkylation sites (N-methyl/N-ethyl adjacent to an activating group) is 3. The Balaban J connectivity index is 0.000000430. The lowest BCUT2D eigenvalue weighted by Crippen LogP contribution is -2.55. The van der Waals surface area contributed by atoms with Crippen LogP contribution < -0.4 is 0 Å². The van der Waals surface area contributed by atoms with Crippen LogP contribution in [0.25, 0.3) is 0 Å². The van der Waals surface area contributed by atoms with Crippen LogP contribution in [-0.2, 0) is 11.3 Å². The summed E-state index contributed by atoms with van der Waals surface area (Å²) in [4.78, 5) is 36.0. The molecule has 68 heavy (non-hydrogen) atoms. The van der Waals surface area contributed by atoms with Gasteiger partial charge in [0.2, 0.25) is 0 Å². The molecule has 0 N–H and O–H groups in total. The van der Waals surface area contributed by atoms with Crippen molar-refractivity contribution < 1.29 is 9.53 Å². The standard InChI is InChI=1S/C15H24N2.C13H26N2O2.3C9H20N2.CH4/c1-15(2,3)17-11-9-16(10-12-17)13-14-7-5-4-6-8-14;1-12(2,3)15-9-7-14(8-10-15)11(16)17-13(4,5)6;3*1-9(2,3)11-7-5-10(4)6-8-11;/h4-8H,9-13H2,1-3H3;7-10H2,1-6H3;3*5-8H2,1-4H3;1H4. The van der Waals surface area contributed by atoms with E-state index < -0.39 is 5.60 Å². The number of carbonyl (C=O) groups is 1. The van der Waals surface area contributed by atoms with Crippen molar-refractivity contribution in [1.82, 2.24) is 49.0 Å². The molecule has 5 fully saturated rings. The summed E-state index contributed by atoms with van der Waals surface area (Å²) in [6.45, 7) is 63.7. The molecule has 12 nitrogen and oxygen atoms in total. The minimum Gasteiger partial charge on any atom is -0.444 e. The van der Waals surface area contributed by atoms with E-state index in [9.17, 15) is 4.79 Å². The van der Waals surface area contributed by atoms with E-state index >= 15 is 0 Å². The van der Waals surface area contributed by atoms with E-state index in [4.69, 9.17) is 4.74 Å². The average Bonchev–Trinajstić information content (AvgIpc) is 3.21. The van der Waals surface area contributed by atoms with Crippen LogP contribution in [0, 0.1) is 0 Å². The first-order chi connectivity index (χ1) is 30.6. The SMILES string of the molecule is C.CC(C)(C)N1CCN(Cc2ccccc2)CC1.CC(C)(C)OC(=O)N1CCN(C(C)(C)C)CC1.CN1CCN(C(C)(C)C)CC1.CN1CCN(C(C)(C)C)CC1.CN1CCN(C(C)(C)C)CC1. The van der Waals surface area contributed by atoms with Crippen LogP contribution in [0.15, 0.2) is 30.3 Å². The number of carbonyl (C=O) groups excluding carboxylic acids is 1. The third-order valence-corrected chi connectivity index (χ3v) is 13.8. The Morgan fingerprint density at radius 2 is 0.647 bits per heavy atom. The molecule has 12 heteroatoms. The van der Waals surface area contributed by atoms with Crippen LogP contribution in [0.4, 0.5) is 4.79 Å². The number of piperazine rings is 5. The van der Waals surface area contributed by atoms with Gasteiger partial charge in [0.05, 0.1) is 0 Å². The molecule has 1 amide bonds. The smallest absolute Gasteiger partial charge is 0.410 e. The molecule has 400 valence electrons. The van der Waals surface area contributed by atoms with Crippen molar-refractivity contribution in [1.29, 1.82) is 0 Å². The van der Waals surface area contributed by atoms with Crippen molar-refractivity contribution in [3.05, 3.63) is 35.9 Å². The van der Waals surface area contributed by atoms with Crippen LogP contribution in [0.5, 0.6) is 0 Å². The van der Waals surface area contributed by atoms with Gasteiger partial charge in [0.15, 0.2) is 0 Å². The third-order valence-electron chi connectivity index (χ3n) is 13.8. The molecule has 6 rings (SSSR count). The Morgan fingerprint density at radius 1 is 0.397 bits per heavy atom. The molecular formula is C56H114N10O2. The minimum absolute atomic E-state index is 0. The molecule has 0 saturated carbocycles. The first kappa shape index (κ1) is 64.1. The first-order valence-corrected chi connectivity index (χ1v) is 26.2. The summed E-state index contributed by atoms with van der Waals surface area (Å²) in [6, 6.07) is 10.8. The van der Waals surface area contributed by atoms with Crippen LogP contribution in [0.2, 0.25) is 0 Å². The zero-order valence-corrected chi connectivity index (χ0v) is 48.0. The van der Waals surface area contributed by atoms with E-state index in [1.54, 1.807) is 4.90 Å². The largest absolute Gasteiger partial charge is 0.444 e. The van der Waals surface area contributed by atoms with E-state index in [2.05, 4.69) is 199 Å². The average molecular weight is 960 g/mol. The second-order valence-corrected chi connectivity index (χ2v) is 25.9. The van der Waals surface area contributed by atoms with Crippen molar-refractivity contribution in [2.45, 2.75) is 172 Å². The van der Waals surface area contributed by atoms with Gasteiger partial charge in [-0.3, -0.25) is 29.4 Å². The molecule has 5 aliphatic rings. The molecule has 0 bridgehead atoms. The highest BCUT2D eigenvalue weighted by Gasteiger charge is 2.31. The molecule has 0 atom stereocenters. The highest BCUT2D eigenvalue weighted by molar-refractivity contribution is 5.68. The molecule has 5 saturated heterocycles. The summed E-state index contributed by atoms with van der Waals surface area (Å²) >= 11 is 0. The van der Waals surface area contributed by atoms with Crippen molar-refractivity contribution in [2.75, 3.05) is 152 Å². The number of nitrogens with zero attached hydrogens (tertiary/aromatic N) is 10. The monoisotopic (exact) mass is 959 g/mol. The molecule has 5 heterocycles. The highest BCUT2D eigenvalue weighted by atomic mass is 16.6. The van der Waals surface area contributed by atoms with Gasteiger partial charge in [0, 0.05) is 165 Å². The molecule has 1 aromatic carbocycles. The fourth-order valence-electron chi connectivity index (χ4n) is 8.74. The summed E-state index contributed by atoms with van der Waals surface area (Å²) < 4.78 is 5.37. The van der Waals surface area contributed by atoms with Gasteiger partial charge < -0.3 is 24.3 Å². The minimum atomic E-state index is -0.405. The lowest BCUT2D eigenvalue weighted by Gasteiger charge is -2.42. The zero-order chi connectivity index (χ0) is 51.0. The topological polar surface area (TPSA) is 58.7 Å². The number of hydrogen-bond donors (Lipinski definition) is 0. The maximum Gasteiger partial charge on any atom is 0.410 e. The quantitative estimate of drug-likeness (QED) is 0.287. The fourth-order valence-corrected chi connectivity index (χ4v) is 8.74. The van der Waals surface area contributed by atoms with Gasteiger partial charge in [-0.25, -0.2) is 4.79 Å². The van der Waals surface area contributed by atoms with Crippen molar-refractivity contribution >= 4 is 6.09 Å². The van der Waals surface area contributed by atoms with Crippen molar-refractivity contribution in [3.63, 3.8) is 0 Å². The molecule has 0 unspecified atom stereocenters. The molecular weight excluding hydrogens is 845 g/mol. The van der Waals surface area contributed by atoms with Gasteiger partial charge in [0.1, 0.15) is 5.60 Å². The number of rotatable bonds is 2. The maximum atomic E-state index is 11.9. The number of amides is 1. The molecule has 0 spiro atoms. The second-order valence-electron chi connectivity index (χ2n) is 25.9. The van der Waals surface area contributed by atoms with E-state index in [0.717, 1.165) is 32.7 Å². The number of benzene rings is 1. The zero-order valence-electron chi connectivity index (χ0n) is 48.0. The van der Waals surface area contributed by atoms with Crippen LogP contribution in [0.1, 0.15) is 138 Å². The lowest BCUT2D eigenvalue weighted by atomic mass is 10.0. The molecule has 0 aromatic heterocycles. The summed E-state index contributed by atoms with van der Waals surface area (Å²) in [5.41, 5.74) is 2.61. The van der Waals surface area contributed by atoms with Crippen molar-refractivity contribution in [3.8, 4) is 0 Å². The second kappa shape index (κ2) is 28.4. The summed E-state index contributed by atoms with van der Waals surface area (Å²) in [5.74, 6) is 0. The van der Waals surface area contributed by atoms with Gasteiger partial charge in [0.25, 0.3) is 0 Å². The van der Waals surface area contributed by atoms with Gasteiger partial charge in [-0.2, -0.15) is 0 Å². The van der Waals surface area contributed by atoms with E-state index in [0.29, 0.717) is 22.2 Å². The molecule has 0 radical (unpaired) electrons. The number of ether oxygens (including phenoxy) is 1. The lowest BCUT2D eigenvalue weighted by molar-refractivity contribution is 0.00420. The number of hydrogen-bond acceptors (Lipinski definition) is 11. The Kier molecular flexibility index (Phi) is 26.8. The van der Waals surface area contributed by atoms with Gasteiger partial charge in [-0.05, 0) is 151 Å². The summed E-state index contributed by atoms with van der Waals surface area (Å²) in [7, 11) is 6.58. The Bertz CT molecular complexity index is 1380. The molecule has 5 aliphatic heterocycles. The predicted molar refractivity (Wildman–Crippen MR) is 295 cm³/mol. The van der Waals surface area contributed by atoms with E-state index in [1.165, 1.54) is 110 Å². The molecule has 0 aliphatic carbocycles. The van der Waals surface area contributed by atoms with E-state index in [1.807, 2.05) is 20.8 Å². The van der Waals surface area contributed by atoms with Gasteiger partial charge >= 0.3 is 6.09 Å². The van der Waals surface area contributed by atoms with E-state index in [-0.39, 0.29) is 19.1 Å². The highest BCUT2D eigenvalue weighted by Crippen LogP contribution is 2.20. The van der Waals surface area contributed by atoms with Gasteiger partial charge in [-0.15, -0.1) is 0 Å². The third kappa shape index (κ3) is 26.0. The fraction of sp³-hybridized carbons (Fsp3) is 0.875.